The van der Waals surface area contributed by atoms with Crippen LogP contribution in [0.25, 0.3) is 0 Å². The Kier molecular flexibility index (Phi) is 4.08. The lowest BCUT2D eigenvalue weighted by Crippen LogP contribution is -2.39. The standard InChI is InChI=1S/C10H13ClF3N3/c1-6(2)17(5-10(12,13)14)9-4-7(15)3-8(11)16-9/h3-4,6H,5H2,1-2H3,(H2,15,16). The van der Waals surface area contributed by atoms with E-state index in [1.54, 1.807) is 13.8 Å². The molecule has 1 heterocycles. The van der Waals surface area contributed by atoms with Crippen LogP contribution in [0.4, 0.5) is 24.7 Å². The van der Waals surface area contributed by atoms with E-state index in [9.17, 15) is 13.2 Å². The number of nitrogens with two attached hydrogens (primary N) is 1. The topological polar surface area (TPSA) is 42.1 Å². The minimum Gasteiger partial charge on any atom is -0.399 e. The van der Waals surface area contributed by atoms with Crippen molar-refractivity contribution >= 4 is 23.1 Å². The molecule has 3 nitrogen and oxygen atoms in total. The Labute approximate surface area is 102 Å². The van der Waals surface area contributed by atoms with Gasteiger partial charge in [-0.25, -0.2) is 4.98 Å². The zero-order valence-electron chi connectivity index (χ0n) is 9.42. The summed E-state index contributed by atoms with van der Waals surface area (Å²) in [7, 11) is 0. The molecule has 96 valence electrons. The Morgan fingerprint density at radius 3 is 2.41 bits per heavy atom. The summed E-state index contributed by atoms with van der Waals surface area (Å²) in [6.07, 6.45) is -4.30. The first-order valence-electron chi connectivity index (χ1n) is 4.95. The van der Waals surface area contributed by atoms with Gasteiger partial charge < -0.3 is 10.6 Å². The maximum absolute atomic E-state index is 12.4. The Bertz CT molecular complexity index is 373. The highest BCUT2D eigenvalue weighted by Crippen LogP contribution is 2.25. The number of anilines is 2. The van der Waals surface area contributed by atoms with E-state index in [0.717, 1.165) is 4.90 Å². The molecule has 0 spiro atoms. The number of hydrogen-bond donors (Lipinski definition) is 1. The van der Waals surface area contributed by atoms with E-state index in [0.29, 0.717) is 0 Å². The molecule has 0 saturated heterocycles. The van der Waals surface area contributed by atoms with Crippen molar-refractivity contribution in [2.24, 2.45) is 0 Å². The van der Waals surface area contributed by atoms with Crippen LogP contribution in [-0.2, 0) is 0 Å². The third-order valence-corrected chi connectivity index (χ3v) is 2.26. The van der Waals surface area contributed by atoms with E-state index < -0.39 is 12.7 Å². The van der Waals surface area contributed by atoms with Crippen LogP contribution in [0.15, 0.2) is 12.1 Å². The molecule has 1 aromatic rings. The largest absolute Gasteiger partial charge is 0.405 e. The van der Waals surface area contributed by atoms with Crippen molar-refractivity contribution in [2.45, 2.75) is 26.1 Å². The molecule has 0 radical (unpaired) electrons. The van der Waals surface area contributed by atoms with Gasteiger partial charge in [0.25, 0.3) is 0 Å². The average molecular weight is 268 g/mol. The number of nitrogens with zero attached hydrogens (tertiary/aromatic N) is 2. The minimum atomic E-state index is -4.30. The number of alkyl halides is 3. The van der Waals surface area contributed by atoms with Gasteiger partial charge in [0.15, 0.2) is 0 Å². The van der Waals surface area contributed by atoms with Crippen molar-refractivity contribution in [3.05, 3.63) is 17.3 Å². The summed E-state index contributed by atoms with van der Waals surface area (Å²) >= 11 is 5.67. The van der Waals surface area contributed by atoms with Gasteiger partial charge >= 0.3 is 6.18 Å². The smallest absolute Gasteiger partial charge is 0.399 e. The molecule has 0 saturated carbocycles. The van der Waals surface area contributed by atoms with E-state index in [2.05, 4.69) is 4.98 Å². The van der Waals surface area contributed by atoms with Crippen LogP contribution in [0, 0.1) is 0 Å². The fraction of sp³-hybridized carbons (Fsp3) is 0.500. The van der Waals surface area contributed by atoms with Gasteiger partial charge in [0, 0.05) is 17.8 Å². The number of hydrogen-bond acceptors (Lipinski definition) is 3. The van der Waals surface area contributed by atoms with Crippen LogP contribution in [0.5, 0.6) is 0 Å². The summed E-state index contributed by atoms with van der Waals surface area (Å²) in [5, 5.41) is 0.0767. The molecule has 0 amide bonds. The molecule has 0 fully saturated rings. The quantitative estimate of drug-likeness (QED) is 0.856. The van der Waals surface area contributed by atoms with Crippen LogP contribution in [-0.4, -0.2) is 23.7 Å². The van der Waals surface area contributed by atoms with Gasteiger partial charge in [0.2, 0.25) is 0 Å². The molecule has 0 bridgehead atoms. The minimum absolute atomic E-state index is 0.0767. The molecule has 0 atom stereocenters. The number of halogens is 4. The predicted molar refractivity (Wildman–Crippen MR) is 62.2 cm³/mol. The van der Waals surface area contributed by atoms with E-state index in [4.69, 9.17) is 17.3 Å². The van der Waals surface area contributed by atoms with E-state index in [-0.39, 0.29) is 22.7 Å². The highest BCUT2D eigenvalue weighted by molar-refractivity contribution is 6.29. The lowest BCUT2D eigenvalue weighted by atomic mass is 10.3. The fourth-order valence-corrected chi connectivity index (χ4v) is 1.58. The normalized spacial score (nSPS) is 11.9. The second kappa shape index (κ2) is 5.00. The van der Waals surface area contributed by atoms with Gasteiger partial charge in [-0.2, -0.15) is 13.2 Å². The highest BCUT2D eigenvalue weighted by Gasteiger charge is 2.32. The van der Waals surface area contributed by atoms with Crippen molar-refractivity contribution in [3.63, 3.8) is 0 Å². The molecular weight excluding hydrogens is 255 g/mol. The average Bonchev–Trinajstić information content (AvgIpc) is 2.10. The third kappa shape index (κ3) is 4.30. The molecule has 0 unspecified atom stereocenters. The van der Waals surface area contributed by atoms with Crippen molar-refractivity contribution < 1.29 is 13.2 Å². The van der Waals surface area contributed by atoms with Crippen molar-refractivity contribution in [3.8, 4) is 0 Å². The van der Waals surface area contributed by atoms with Crippen LogP contribution >= 0.6 is 11.6 Å². The Balaban J connectivity index is 3.05. The van der Waals surface area contributed by atoms with Gasteiger partial charge in [0.05, 0.1) is 0 Å². The first-order valence-corrected chi connectivity index (χ1v) is 5.33. The molecule has 2 N–H and O–H groups in total. The summed E-state index contributed by atoms with van der Waals surface area (Å²) in [6.45, 7) is 2.20. The monoisotopic (exact) mass is 267 g/mol. The number of aromatic nitrogens is 1. The van der Waals surface area contributed by atoms with Crippen molar-refractivity contribution in [2.75, 3.05) is 17.2 Å². The maximum Gasteiger partial charge on any atom is 0.405 e. The first kappa shape index (κ1) is 13.9. The Morgan fingerprint density at radius 1 is 1.41 bits per heavy atom. The summed E-state index contributed by atoms with van der Waals surface area (Å²) in [6, 6.07) is 2.40. The van der Waals surface area contributed by atoms with Gasteiger partial charge in [-0.05, 0) is 19.9 Å². The molecule has 1 aromatic heterocycles. The number of nitrogen functional groups attached to an aromatic ring is 1. The lowest BCUT2D eigenvalue weighted by Gasteiger charge is -2.29. The summed E-state index contributed by atoms with van der Waals surface area (Å²) in [5.74, 6) is 0.127. The van der Waals surface area contributed by atoms with Crippen LogP contribution in [0.3, 0.4) is 0 Å². The molecule has 17 heavy (non-hydrogen) atoms. The molecule has 0 aromatic carbocycles. The Hall–Kier alpha value is -1.17. The lowest BCUT2D eigenvalue weighted by molar-refractivity contribution is -0.120. The van der Waals surface area contributed by atoms with Crippen molar-refractivity contribution in [1.29, 1.82) is 0 Å². The summed E-state index contributed by atoms with van der Waals surface area (Å²) in [5.41, 5.74) is 5.81. The fourth-order valence-electron chi connectivity index (χ4n) is 1.37. The molecule has 0 aliphatic rings. The predicted octanol–water partition coefficient (Wildman–Crippen LogP) is 3.09. The summed E-state index contributed by atoms with van der Waals surface area (Å²) < 4.78 is 37.3. The molecule has 0 aliphatic heterocycles. The van der Waals surface area contributed by atoms with Gasteiger partial charge in [0.1, 0.15) is 17.5 Å². The van der Waals surface area contributed by atoms with Gasteiger partial charge in [-0.1, -0.05) is 11.6 Å². The highest BCUT2D eigenvalue weighted by atomic mass is 35.5. The molecule has 0 aliphatic carbocycles. The Morgan fingerprint density at radius 2 is 2.00 bits per heavy atom. The maximum atomic E-state index is 12.4. The number of rotatable bonds is 3. The molecular formula is C10H13ClF3N3. The first-order chi connectivity index (χ1) is 7.69. The van der Waals surface area contributed by atoms with E-state index in [1.807, 2.05) is 0 Å². The SMILES string of the molecule is CC(C)N(CC(F)(F)F)c1cc(N)cc(Cl)n1. The zero-order chi connectivity index (χ0) is 13.2. The second-order valence-corrected chi connectivity index (χ2v) is 4.31. The third-order valence-electron chi connectivity index (χ3n) is 2.07. The van der Waals surface area contributed by atoms with Crippen LogP contribution in [0.2, 0.25) is 5.15 Å². The molecule has 1 rings (SSSR count). The van der Waals surface area contributed by atoms with E-state index in [1.165, 1.54) is 12.1 Å². The van der Waals surface area contributed by atoms with Crippen molar-refractivity contribution in [1.82, 2.24) is 4.98 Å². The number of pyridine rings is 1. The van der Waals surface area contributed by atoms with Gasteiger partial charge in [-0.15, -0.1) is 0 Å². The second-order valence-electron chi connectivity index (χ2n) is 3.92. The summed E-state index contributed by atoms with van der Waals surface area (Å²) in [4.78, 5) is 4.95. The zero-order valence-corrected chi connectivity index (χ0v) is 10.2. The molecule has 7 heteroatoms. The van der Waals surface area contributed by atoms with Crippen LogP contribution < -0.4 is 10.6 Å². The van der Waals surface area contributed by atoms with Crippen LogP contribution in [0.1, 0.15) is 13.8 Å². The van der Waals surface area contributed by atoms with E-state index >= 15 is 0 Å². The van der Waals surface area contributed by atoms with Gasteiger partial charge in [-0.3, -0.25) is 0 Å².